The van der Waals surface area contributed by atoms with Gasteiger partial charge >= 0.3 is 6.36 Å². The molecule has 12 aromatic rings. The van der Waals surface area contributed by atoms with E-state index in [1.807, 2.05) is 118 Å². The van der Waals surface area contributed by atoms with Crippen LogP contribution in [0.15, 0.2) is 158 Å². The van der Waals surface area contributed by atoms with Crippen LogP contribution in [-0.2, 0) is 63.8 Å². The van der Waals surface area contributed by atoms with E-state index in [9.17, 15) is 41.1 Å². The Morgan fingerprint density at radius 3 is 0.923 bits per heavy atom. The van der Waals surface area contributed by atoms with Crippen molar-refractivity contribution in [1.29, 1.82) is 0 Å². The van der Waals surface area contributed by atoms with Gasteiger partial charge in [-0.15, -0.1) is 74.4 Å². The van der Waals surface area contributed by atoms with Crippen LogP contribution in [-0.4, -0.2) is 192 Å². The van der Waals surface area contributed by atoms with Crippen molar-refractivity contribution >= 4 is 113 Å². The number of benzene rings is 4. The number of alkyl halides is 3. The Hall–Kier alpha value is -12.2. The van der Waals surface area contributed by atoms with Gasteiger partial charge in [-0.2, -0.15) is 20.4 Å². The number of hydrogen-bond acceptors (Lipinski definition) is 33. The van der Waals surface area contributed by atoms with Crippen LogP contribution in [0, 0.1) is 56.1 Å². The average Bonchev–Trinajstić information content (AvgIpc) is 1.26. The minimum atomic E-state index is -4.96. The number of anilines is 8. The maximum Gasteiger partial charge on any atom is 0.573 e. The molecule has 4 N–H and O–H groups in total. The SMILES string of the molecule is CO[C@@H](C(=O)Nc1nnc(CC2CCN(c3cccnn3)CC2)s1)c1cc(C)ccc1F.CO[C@@H](C(=O)Nc1nnc(CC2CCN(c3cccnn3)CC2)s1)c1cccc(C)c1.CO[C@H](C(=O)Nc1nnc(CC2CCN(c3cccnn3)CC2)s1)c1cc(OC(F)(F)F)ccc1F.CO[C@H](C(=O)Nc1nnc(CC2CCN(c3cccnn3)CC2)s1)c1cccc(C)c1. The van der Waals surface area contributed by atoms with Gasteiger partial charge in [-0.1, -0.05) is 123 Å². The zero-order valence-electron chi connectivity index (χ0n) is 72.4. The molecule has 4 aliphatic rings. The van der Waals surface area contributed by atoms with E-state index in [0.717, 1.165) is 219 Å². The number of piperidine rings is 4. The lowest BCUT2D eigenvalue weighted by Gasteiger charge is -2.32. The number of nitrogens with zero attached hydrogens (tertiary/aromatic N) is 20. The minimum absolute atomic E-state index is 0.178. The second kappa shape index (κ2) is 46.9. The van der Waals surface area contributed by atoms with Crippen LogP contribution in [0.25, 0.3) is 0 Å². The van der Waals surface area contributed by atoms with Crippen LogP contribution in [0.2, 0.25) is 0 Å². The third-order valence-electron chi connectivity index (χ3n) is 22.1. The topological polar surface area (TPSA) is 382 Å². The summed E-state index contributed by atoms with van der Waals surface area (Å²) in [4.78, 5) is 59.8. The number of aryl methyl sites for hydroxylation is 3. The van der Waals surface area contributed by atoms with E-state index in [4.69, 9.17) is 18.9 Å². The number of carbonyl (C=O) groups is 4. The summed E-state index contributed by atoms with van der Waals surface area (Å²) in [5.74, 6) is 1.75. The van der Waals surface area contributed by atoms with E-state index in [1.165, 1.54) is 72.7 Å². The molecule has 8 aromatic heterocycles. The number of methoxy groups -OCH3 is 4. The predicted octanol–water partition coefficient (Wildman–Crippen LogP) is 14.6. The van der Waals surface area contributed by atoms with Crippen LogP contribution in [0.3, 0.4) is 0 Å². The lowest BCUT2D eigenvalue weighted by molar-refractivity contribution is -0.274. The summed E-state index contributed by atoms with van der Waals surface area (Å²) in [6, 6.07) is 37.9. The third kappa shape index (κ3) is 27.7. The molecule has 4 fully saturated rings. The van der Waals surface area contributed by atoms with Crippen LogP contribution in [0.5, 0.6) is 5.75 Å². The van der Waals surface area contributed by atoms with Crippen LogP contribution in [0.4, 0.5) is 65.7 Å². The van der Waals surface area contributed by atoms with E-state index < -0.39 is 65.5 Å². The molecule has 4 saturated heterocycles. The molecular formula is C88H99F5N24O9S4. The van der Waals surface area contributed by atoms with Gasteiger partial charge in [0.2, 0.25) is 20.5 Å². The van der Waals surface area contributed by atoms with Gasteiger partial charge in [0.05, 0.1) is 0 Å². The molecule has 0 radical (unpaired) electrons. The molecular weight excluding hydrogens is 1760 g/mol. The molecule has 4 amide bonds. The number of carbonyl (C=O) groups excluding carboxylic acids is 4. The van der Waals surface area contributed by atoms with Crippen molar-refractivity contribution < 1.29 is 64.8 Å². The van der Waals surface area contributed by atoms with Crippen molar-refractivity contribution in [2.75, 3.05) is 122 Å². The van der Waals surface area contributed by atoms with Gasteiger partial charge < -0.3 is 43.3 Å². The van der Waals surface area contributed by atoms with Crippen molar-refractivity contribution in [3.8, 4) is 5.75 Å². The highest BCUT2D eigenvalue weighted by atomic mass is 32.1. The lowest BCUT2D eigenvalue weighted by atomic mass is 9.94. The van der Waals surface area contributed by atoms with Gasteiger partial charge in [0, 0.05) is 142 Å². The Morgan fingerprint density at radius 2 is 0.646 bits per heavy atom. The van der Waals surface area contributed by atoms with Gasteiger partial charge in [0.1, 0.15) is 37.4 Å². The van der Waals surface area contributed by atoms with Crippen LogP contribution in [0.1, 0.15) is 135 Å². The molecule has 4 aromatic carbocycles. The Bertz CT molecular complexity index is 5440. The molecule has 16 rings (SSSR count). The first-order valence-corrected chi connectivity index (χ1v) is 45.4. The molecule has 12 heterocycles. The average molecular weight is 1860 g/mol. The van der Waals surface area contributed by atoms with Gasteiger partial charge in [-0.25, -0.2) is 8.78 Å². The zero-order chi connectivity index (χ0) is 91.5. The summed E-state index contributed by atoms with van der Waals surface area (Å²) in [7, 11) is 5.59. The summed E-state index contributed by atoms with van der Waals surface area (Å²) in [5, 5.41) is 81.8. The second-order valence-corrected chi connectivity index (χ2v) is 35.6. The monoisotopic (exact) mass is 1860 g/mol. The number of ether oxygens (including phenoxy) is 5. The zero-order valence-corrected chi connectivity index (χ0v) is 75.7. The Balaban J connectivity index is 0.000000148. The largest absolute Gasteiger partial charge is 0.573 e. The molecule has 42 heteroatoms. The molecule has 0 spiro atoms. The Morgan fingerprint density at radius 1 is 0.362 bits per heavy atom. The summed E-state index contributed by atoms with van der Waals surface area (Å²) < 4.78 is 91.1. The van der Waals surface area contributed by atoms with E-state index >= 15 is 0 Å². The smallest absolute Gasteiger partial charge is 0.406 e. The molecule has 0 bridgehead atoms. The van der Waals surface area contributed by atoms with Crippen molar-refractivity contribution in [3.05, 3.63) is 229 Å². The molecule has 0 aliphatic carbocycles. The first-order chi connectivity index (χ1) is 63.0. The third-order valence-corrected chi connectivity index (χ3v) is 25.6. The second-order valence-electron chi connectivity index (χ2n) is 31.4. The molecule has 0 saturated carbocycles. The first-order valence-electron chi connectivity index (χ1n) is 42.2. The molecule has 130 heavy (non-hydrogen) atoms. The fourth-order valence-corrected chi connectivity index (χ4v) is 18.9. The molecule has 4 aliphatic heterocycles. The number of rotatable bonds is 29. The highest BCUT2D eigenvalue weighted by Gasteiger charge is 2.35. The number of aromatic nitrogens is 16. The van der Waals surface area contributed by atoms with Crippen LogP contribution >= 0.6 is 45.3 Å². The molecule has 684 valence electrons. The van der Waals surface area contributed by atoms with Gasteiger partial charge in [-0.3, -0.25) is 40.4 Å². The Kier molecular flexibility index (Phi) is 34.4. The van der Waals surface area contributed by atoms with Crippen molar-refractivity contribution in [2.24, 2.45) is 23.7 Å². The number of nitrogens with one attached hydrogen (secondary N) is 4. The van der Waals surface area contributed by atoms with Gasteiger partial charge in [0.15, 0.2) is 47.7 Å². The fourth-order valence-electron chi connectivity index (χ4n) is 15.5. The highest BCUT2D eigenvalue weighted by Crippen LogP contribution is 2.36. The lowest BCUT2D eigenvalue weighted by Crippen LogP contribution is -2.34. The quantitative estimate of drug-likeness (QED) is 0.0316. The number of hydrogen-bond donors (Lipinski definition) is 4. The van der Waals surface area contributed by atoms with E-state index in [1.54, 1.807) is 36.9 Å². The standard InChI is InChI=1S/C22H22F4N6O3S.C22H25FN6O2S.2C22H26N6O2S/c1-34-19(15-12-14(4-5-16(15)23)35-22(24,25)26)20(33)28-21-31-30-18(36-21)11-13-6-9-32(10-7-13)17-3-2-8-27-29-17;1-14-5-6-17(23)16(12-14)20(31-2)21(30)25-22-28-27-19(32-22)13-15-7-10-29(11-8-15)18-4-3-9-24-26-18;2*1-15-5-3-6-17(13-15)20(30-2)21(29)24-22-27-26-19(31-22)14-16-8-11-28(12-9-16)18-7-4-10-23-25-18/h2-5,8,12-13,19H,6-7,9-11H2,1H3,(H,28,31,33);3-6,9,12,15,20H,7-8,10-11,13H2,1-2H3,(H,25,28,30);2*3-7,10,13,16,20H,8-9,11-12,14H2,1-2H3,(H,24,27,29)/t19-;3*20-/m0110/s1. The predicted molar refractivity (Wildman–Crippen MR) is 482 cm³/mol. The van der Waals surface area contributed by atoms with Gasteiger partial charge in [-0.05, 0) is 180 Å². The Labute approximate surface area is 763 Å². The summed E-state index contributed by atoms with van der Waals surface area (Å²) >= 11 is 5.39. The first kappa shape index (κ1) is 95.4. The summed E-state index contributed by atoms with van der Waals surface area (Å²) in [5.41, 5.74) is 4.44. The molecule has 4 atom stereocenters. The van der Waals surface area contributed by atoms with Crippen molar-refractivity contribution in [2.45, 2.75) is 129 Å². The fraction of sp³-hybridized carbons (Fsp3) is 0.409. The van der Waals surface area contributed by atoms with E-state index in [0.29, 0.717) is 45.5 Å². The van der Waals surface area contributed by atoms with E-state index in [2.05, 4.69) is 127 Å². The van der Waals surface area contributed by atoms with Crippen molar-refractivity contribution in [1.82, 2.24) is 81.6 Å². The molecule has 0 unspecified atom stereocenters. The summed E-state index contributed by atoms with van der Waals surface area (Å²) in [6.07, 6.45) is 9.17. The maximum atomic E-state index is 14.3. The van der Waals surface area contributed by atoms with E-state index in [-0.39, 0.29) is 22.5 Å². The summed E-state index contributed by atoms with van der Waals surface area (Å²) in [6.45, 7) is 13.2. The highest BCUT2D eigenvalue weighted by molar-refractivity contribution is 7.16. The minimum Gasteiger partial charge on any atom is -0.406 e. The number of halogens is 5. The number of amides is 4. The maximum absolute atomic E-state index is 14.3. The molecule has 33 nitrogen and oxygen atoms in total. The van der Waals surface area contributed by atoms with Gasteiger partial charge in [0.25, 0.3) is 23.6 Å². The normalized spacial score (nSPS) is 15.6. The van der Waals surface area contributed by atoms with Crippen LogP contribution < -0.4 is 45.6 Å². The van der Waals surface area contributed by atoms with Crippen molar-refractivity contribution in [3.63, 3.8) is 0 Å².